The first-order valence-corrected chi connectivity index (χ1v) is 7.50. The molecule has 0 radical (unpaired) electrons. The molecule has 0 aliphatic heterocycles. The molecular weight excluding hydrogens is 312 g/mol. The minimum Gasteiger partial charge on any atom is -0.439 e. The van der Waals surface area contributed by atoms with Crippen LogP contribution in [0.15, 0.2) is 54.6 Å². The number of aryl methyl sites for hydroxylation is 2. The smallest absolute Gasteiger partial charge is 0.228 e. The topological polar surface area (TPSA) is 44.2 Å². The number of halogens is 1. The summed E-state index contributed by atoms with van der Waals surface area (Å²) >= 11 is 5.95. The molecule has 1 aromatic heterocycles. The second kappa shape index (κ2) is 6.67. The summed E-state index contributed by atoms with van der Waals surface area (Å²) in [7, 11) is 0. The largest absolute Gasteiger partial charge is 0.439 e. The minimum atomic E-state index is 0.0664. The standard InChI is InChI=1S/C18H15ClN2O2/c1-12-3-7-14(8-4-12)22-16-11-17(21-18(19)20-16)23-15-9-5-13(2)6-10-15/h3-11H,1-2H3. The van der Waals surface area contributed by atoms with Crippen LogP contribution >= 0.6 is 11.6 Å². The summed E-state index contributed by atoms with van der Waals surface area (Å²) in [5.41, 5.74) is 2.31. The van der Waals surface area contributed by atoms with E-state index in [0.29, 0.717) is 23.3 Å². The molecule has 0 amide bonds. The van der Waals surface area contributed by atoms with E-state index in [1.54, 1.807) is 6.07 Å². The summed E-state index contributed by atoms with van der Waals surface area (Å²) in [5, 5.41) is 0.0664. The predicted molar refractivity (Wildman–Crippen MR) is 89.5 cm³/mol. The minimum absolute atomic E-state index is 0.0664. The highest BCUT2D eigenvalue weighted by atomic mass is 35.5. The Hall–Kier alpha value is -2.59. The monoisotopic (exact) mass is 326 g/mol. The van der Waals surface area contributed by atoms with Crippen LogP contribution in [0.5, 0.6) is 23.3 Å². The van der Waals surface area contributed by atoms with Crippen molar-refractivity contribution in [1.29, 1.82) is 0 Å². The molecule has 23 heavy (non-hydrogen) atoms. The molecule has 2 aromatic carbocycles. The van der Waals surface area contributed by atoms with Crippen LogP contribution in [0.1, 0.15) is 11.1 Å². The van der Waals surface area contributed by atoms with Gasteiger partial charge in [0.2, 0.25) is 17.0 Å². The van der Waals surface area contributed by atoms with Crippen molar-refractivity contribution in [1.82, 2.24) is 9.97 Å². The summed E-state index contributed by atoms with van der Waals surface area (Å²) in [6.07, 6.45) is 0. The molecule has 0 saturated heterocycles. The van der Waals surface area contributed by atoms with Crippen LogP contribution in [-0.2, 0) is 0 Å². The van der Waals surface area contributed by atoms with Gasteiger partial charge in [-0.15, -0.1) is 0 Å². The van der Waals surface area contributed by atoms with Gasteiger partial charge in [0.1, 0.15) is 11.5 Å². The Labute approximate surface area is 139 Å². The van der Waals surface area contributed by atoms with Crippen molar-refractivity contribution in [2.75, 3.05) is 0 Å². The van der Waals surface area contributed by atoms with E-state index < -0.39 is 0 Å². The molecule has 3 rings (SSSR count). The summed E-state index contributed by atoms with van der Waals surface area (Å²) in [4.78, 5) is 8.12. The van der Waals surface area contributed by atoms with Gasteiger partial charge in [-0.05, 0) is 49.7 Å². The van der Waals surface area contributed by atoms with Gasteiger partial charge in [0.15, 0.2) is 0 Å². The van der Waals surface area contributed by atoms with E-state index in [1.807, 2.05) is 62.4 Å². The fourth-order valence-electron chi connectivity index (χ4n) is 1.94. The first kappa shape index (κ1) is 15.3. The number of nitrogens with zero attached hydrogens (tertiary/aromatic N) is 2. The second-order valence-corrected chi connectivity index (χ2v) is 5.48. The average molecular weight is 327 g/mol. The Balaban J connectivity index is 1.81. The lowest BCUT2D eigenvalue weighted by atomic mass is 10.2. The van der Waals surface area contributed by atoms with Crippen molar-refractivity contribution in [2.24, 2.45) is 0 Å². The van der Waals surface area contributed by atoms with E-state index in [9.17, 15) is 0 Å². The third-order valence-corrected chi connectivity index (χ3v) is 3.31. The fourth-order valence-corrected chi connectivity index (χ4v) is 2.10. The third kappa shape index (κ3) is 4.20. The summed E-state index contributed by atoms with van der Waals surface area (Å²) in [6, 6.07) is 16.9. The molecule has 0 saturated carbocycles. The SMILES string of the molecule is Cc1ccc(Oc2cc(Oc3ccc(C)cc3)nc(Cl)n2)cc1. The molecule has 0 unspecified atom stereocenters. The Morgan fingerprint density at radius 1 is 0.696 bits per heavy atom. The van der Waals surface area contributed by atoms with Gasteiger partial charge in [-0.25, -0.2) is 0 Å². The maximum Gasteiger partial charge on any atom is 0.228 e. The highest BCUT2D eigenvalue weighted by Gasteiger charge is 2.07. The van der Waals surface area contributed by atoms with Crippen LogP contribution in [-0.4, -0.2) is 9.97 Å². The maximum absolute atomic E-state index is 5.95. The van der Waals surface area contributed by atoms with Gasteiger partial charge in [-0.3, -0.25) is 0 Å². The third-order valence-electron chi connectivity index (χ3n) is 3.14. The van der Waals surface area contributed by atoms with E-state index in [1.165, 1.54) is 0 Å². The number of rotatable bonds is 4. The number of aromatic nitrogens is 2. The maximum atomic E-state index is 5.95. The molecule has 116 valence electrons. The van der Waals surface area contributed by atoms with Crippen LogP contribution in [0.25, 0.3) is 0 Å². The number of ether oxygens (including phenoxy) is 2. The Bertz CT molecular complexity index is 737. The predicted octanol–water partition coefficient (Wildman–Crippen LogP) is 5.33. The lowest BCUT2D eigenvalue weighted by molar-refractivity contribution is 0.433. The van der Waals surface area contributed by atoms with Crippen LogP contribution in [0.3, 0.4) is 0 Å². The normalized spacial score (nSPS) is 10.4. The highest BCUT2D eigenvalue weighted by Crippen LogP contribution is 2.27. The summed E-state index contributed by atoms with van der Waals surface area (Å²) < 4.78 is 11.4. The van der Waals surface area contributed by atoms with Crippen molar-refractivity contribution in [3.63, 3.8) is 0 Å². The molecule has 0 aliphatic carbocycles. The first-order valence-electron chi connectivity index (χ1n) is 7.12. The lowest BCUT2D eigenvalue weighted by Crippen LogP contribution is -1.94. The number of hydrogen-bond donors (Lipinski definition) is 0. The van der Waals surface area contributed by atoms with Crippen molar-refractivity contribution in [3.8, 4) is 23.3 Å². The molecule has 0 fully saturated rings. The summed E-state index contributed by atoms with van der Waals surface area (Å²) in [6.45, 7) is 4.03. The molecule has 5 heteroatoms. The zero-order valence-electron chi connectivity index (χ0n) is 12.8. The van der Waals surface area contributed by atoms with Crippen LogP contribution < -0.4 is 9.47 Å². The van der Waals surface area contributed by atoms with Gasteiger partial charge in [0, 0.05) is 0 Å². The van der Waals surface area contributed by atoms with Crippen LogP contribution in [0.2, 0.25) is 5.28 Å². The van der Waals surface area contributed by atoms with Crippen molar-refractivity contribution in [2.45, 2.75) is 13.8 Å². The summed E-state index contributed by atoms with van der Waals surface area (Å²) in [5.74, 6) is 2.00. The van der Waals surface area contributed by atoms with Gasteiger partial charge in [0.05, 0.1) is 6.07 Å². The molecule has 1 heterocycles. The molecule has 0 atom stereocenters. The van der Waals surface area contributed by atoms with Crippen molar-refractivity contribution < 1.29 is 9.47 Å². The van der Waals surface area contributed by atoms with Gasteiger partial charge in [-0.2, -0.15) is 9.97 Å². The number of hydrogen-bond acceptors (Lipinski definition) is 4. The van der Waals surface area contributed by atoms with E-state index >= 15 is 0 Å². The van der Waals surface area contributed by atoms with Gasteiger partial charge >= 0.3 is 0 Å². The van der Waals surface area contributed by atoms with Gasteiger partial charge in [0.25, 0.3) is 0 Å². The fraction of sp³-hybridized carbons (Fsp3) is 0.111. The second-order valence-electron chi connectivity index (χ2n) is 5.14. The van der Waals surface area contributed by atoms with Crippen molar-refractivity contribution >= 4 is 11.6 Å². The molecule has 0 spiro atoms. The quantitative estimate of drug-likeness (QED) is 0.608. The molecule has 0 N–H and O–H groups in total. The first-order chi connectivity index (χ1) is 11.1. The van der Waals surface area contributed by atoms with Gasteiger partial charge < -0.3 is 9.47 Å². The average Bonchev–Trinajstić information content (AvgIpc) is 2.51. The van der Waals surface area contributed by atoms with E-state index in [-0.39, 0.29) is 5.28 Å². The van der Waals surface area contributed by atoms with Crippen molar-refractivity contribution in [3.05, 3.63) is 71.0 Å². The molecular formula is C18H15ClN2O2. The molecule has 3 aromatic rings. The number of benzene rings is 2. The molecule has 4 nitrogen and oxygen atoms in total. The lowest BCUT2D eigenvalue weighted by Gasteiger charge is -2.08. The van der Waals surface area contributed by atoms with Crippen LogP contribution in [0.4, 0.5) is 0 Å². The zero-order chi connectivity index (χ0) is 16.2. The van der Waals surface area contributed by atoms with E-state index in [2.05, 4.69) is 9.97 Å². The Morgan fingerprint density at radius 2 is 1.09 bits per heavy atom. The zero-order valence-corrected chi connectivity index (χ0v) is 13.5. The van der Waals surface area contributed by atoms with E-state index in [4.69, 9.17) is 21.1 Å². The molecule has 0 bridgehead atoms. The van der Waals surface area contributed by atoms with Gasteiger partial charge in [-0.1, -0.05) is 35.4 Å². The van der Waals surface area contributed by atoms with Crippen LogP contribution in [0, 0.1) is 13.8 Å². The Kier molecular flexibility index (Phi) is 4.44. The Morgan fingerprint density at radius 3 is 1.48 bits per heavy atom. The van der Waals surface area contributed by atoms with E-state index in [0.717, 1.165) is 11.1 Å². The molecule has 0 aliphatic rings. The highest BCUT2D eigenvalue weighted by molar-refractivity contribution is 6.28.